The third kappa shape index (κ3) is 3.97. The Balaban J connectivity index is 1.95. The first kappa shape index (κ1) is 22.3. The SMILES string of the molecule is CC(C)(C)c1ccc(C(=O)N[C@]2(C(F)(F)F)NC(=O)N(c3ccc(F)cc3)C2=O)cc1. The normalized spacial score (nSPS) is 19.4. The standard InChI is InChI=1S/C21H19F4N3O3/c1-19(2,3)13-6-4-12(5-7-13)16(29)26-20(21(23,24)25)17(30)28(18(31)27-20)15-10-8-14(22)9-11-15/h4-11H,1-3H3,(H,26,29)(H,27,31)/t20-/m0/s1. The van der Waals surface area contributed by atoms with Crippen LogP contribution < -0.4 is 15.5 Å². The minimum atomic E-state index is -5.35. The highest BCUT2D eigenvalue weighted by Crippen LogP contribution is 2.36. The first-order valence-corrected chi connectivity index (χ1v) is 9.18. The summed E-state index contributed by atoms with van der Waals surface area (Å²) in [5.74, 6) is -3.66. The van der Waals surface area contributed by atoms with E-state index in [1.807, 2.05) is 20.8 Å². The van der Waals surface area contributed by atoms with Gasteiger partial charge in [0, 0.05) is 5.56 Å². The fourth-order valence-electron chi connectivity index (χ4n) is 3.07. The van der Waals surface area contributed by atoms with E-state index in [0.29, 0.717) is 0 Å². The first-order chi connectivity index (χ1) is 14.3. The van der Waals surface area contributed by atoms with Crippen LogP contribution in [-0.2, 0) is 10.2 Å². The summed E-state index contributed by atoms with van der Waals surface area (Å²) in [6, 6.07) is 8.18. The van der Waals surface area contributed by atoms with Gasteiger partial charge in [-0.25, -0.2) is 14.1 Å². The average molecular weight is 437 g/mol. The molecule has 2 N–H and O–H groups in total. The van der Waals surface area contributed by atoms with Gasteiger partial charge in [-0.15, -0.1) is 0 Å². The minimum absolute atomic E-state index is 0.126. The van der Waals surface area contributed by atoms with Gasteiger partial charge in [-0.05, 0) is 47.4 Å². The van der Waals surface area contributed by atoms with Gasteiger partial charge in [-0.3, -0.25) is 14.9 Å². The number of nitrogens with zero attached hydrogens (tertiary/aromatic N) is 1. The lowest BCUT2D eigenvalue weighted by atomic mass is 9.86. The Bertz CT molecular complexity index is 1030. The summed E-state index contributed by atoms with van der Waals surface area (Å²) >= 11 is 0. The van der Waals surface area contributed by atoms with Crippen LogP contribution in [0.25, 0.3) is 0 Å². The van der Waals surface area contributed by atoms with Gasteiger partial charge in [0.2, 0.25) is 0 Å². The molecule has 1 fully saturated rings. The van der Waals surface area contributed by atoms with Crippen LogP contribution in [0.2, 0.25) is 0 Å². The highest BCUT2D eigenvalue weighted by Gasteiger charge is 2.69. The number of anilines is 1. The fourth-order valence-corrected chi connectivity index (χ4v) is 3.07. The van der Waals surface area contributed by atoms with Gasteiger partial charge in [0.1, 0.15) is 5.82 Å². The molecule has 6 nitrogen and oxygen atoms in total. The zero-order chi connectivity index (χ0) is 23.2. The Kier molecular flexibility index (Phi) is 5.29. The lowest BCUT2D eigenvalue weighted by molar-refractivity contribution is -0.197. The second kappa shape index (κ2) is 7.36. The number of alkyl halides is 3. The van der Waals surface area contributed by atoms with Crippen LogP contribution in [0.1, 0.15) is 36.7 Å². The van der Waals surface area contributed by atoms with Crippen LogP contribution >= 0.6 is 0 Å². The predicted molar refractivity (Wildman–Crippen MR) is 104 cm³/mol. The number of imide groups is 1. The molecule has 31 heavy (non-hydrogen) atoms. The number of rotatable bonds is 3. The van der Waals surface area contributed by atoms with Crippen molar-refractivity contribution < 1.29 is 31.9 Å². The number of carbonyl (C=O) groups excluding carboxylic acids is 3. The summed E-state index contributed by atoms with van der Waals surface area (Å²) in [5, 5.41) is 3.18. The average Bonchev–Trinajstić information content (AvgIpc) is 2.92. The summed E-state index contributed by atoms with van der Waals surface area (Å²) < 4.78 is 55.0. The molecule has 0 aromatic heterocycles. The fraction of sp³-hybridized carbons (Fsp3) is 0.286. The number of carbonyl (C=O) groups is 3. The van der Waals surface area contributed by atoms with Crippen molar-refractivity contribution in [3.05, 3.63) is 65.5 Å². The number of amides is 4. The van der Waals surface area contributed by atoms with E-state index in [-0.39, 0.29) is 21.6 Å². The first-order valence-electron chi connectivity index (χ1n) is 9.18. The van der Waals surface area contributed by atoms with E-state index in [4.69, 9.17) is 0 Å². The van der Waals surface area contributed by atoms with Crippen LogP contribution in [0, 0.1) is 5.82 Å². The molecule has 1 saturated heterocycles. The van der Waals surface area contributed by atoms with E-state index >= 15 is 0 Å². The second-order valence-corrected chi connectivity index (χ2v) is 8.08. The molecule has 164 valence electrons. The maximum atomic E-state index is 14.0. The van der Waals surface area contributed by atoms with E-state index < -0.39 is 35.5 Å². The zero-order valence-corrected chi connectivity index (χ0v) is 16.8. The zero-order valence-electron chi connectivity index (χ0n) is 16.8. The van der Waals surface area contributed by atoms with Gasteiger partial charge in [0.15, 0.2) is 0 Å². The van der Waals surface area contributed by atoms with Gasteiger partial charge in [-0.1, -0.05) is 32.9 Å². The molecule has 3 rings (SSSR count). The van der Waals surface area contributed by atoms with E-state index in [1.54, 1.807) is 22.8 Å². The van der Waals surface area contributed by atoms with Crippen molar-refractivity contribution >= 4 is 23.5 Å². The Morgan fingerprint density at radius 3 is 2.00 bits per heavy atom. The van der Waals surface area contributed by atoms with Crippen LogP contribution in [0.3, 0.4) is 0 Å². The van der Waals surface area contributed by atoms with Crippen LogP contribution in [-0.4, -0.2) is 29.7 Å². The Hall–Kier alpha value is -3.43. The van der Waals surface area contributed by atoms with E-state index in [0.717, 1.165) is 29.8 Å². The smallest absolute Gasteiger partial charge is 0.314 e. The second-order valence-electron chi connectivity index (χ2n) is 8.08. The highest BCUT2D eigenvalue weighted by atomic mass is 19.4. The van der Waals surface area contributed by atoms with Crippen LogP contribution in [0.5, 0.6) is 0 Å². The van der Waals surface area contributed by atoms with Gasteiger partial charge in [0.05, 0.1) is 5.69 Å². The number of hydrogen-bond acceptors (Lipinski definition) is 3. The summed E-state index contributed by atoms with van der Waals surface area (Å²) in [4.78, 5) is 37.8. The predicted octanol–water partition coefficient (Wildman–Crippen LogP) is 3.87. The molecule has 0 spiro atoms. The van der Waals surface area contributed by atoms with Gasteiger partial charge in [0.25, 0.3) is 17.5 Å². The third-order valence-corrected chi connectivity index (χ3v) is 4.85. The van der Waals surface area contributed by atoms with Crippen molar-refractivity contribution in [2.75, 3.05) is 4.90 Å². The maximum absolute atomic E-state index is 14.0. The molecule has 0 saturated carbocycles. The molecule has 1 atom stereocenters. The van der Waals surface area contributed by atoms with Crippen molar-refractivity contribution in [2.45, 2.75) is 38.0 Å². The topological polar surface area (TPSA) is 78.5 Å². The molecule has 4 amide bonds. The lowest BCUT2D eigenvalue weighted by Gasteiger charge is -2.30. The summed E-state index contributed by atoms with van der Waals surface area (Å²) in [7, 11) is 0. The van der Waals surface area contributed by atoms with Crippen LogP contribution in [0.15, 0.2) is 48.5 Å². The van der Waals surface area contributed by atoms with Crippen molar-refractivity contribution in [3.63, 3.8) is 0 Å². The number of nitrogens with one attached hydrogen (secondary N) is 2. The molecule has 2 aromatic carbocycles. The number of benzene rings is 2. The molecule has 0 radical (unpaired) electrons. The molecule has 0 aliphatic carbocycles. The number of halogens is 4. The van der Waals surface area contributed by atoms with E-state index in [9.17, 15) is 31.9 Å². The largest absolute Gasteiger partial charge is 0.440 e. The van der Waals surface area contributed by atoms with Crippen LogP contribution in [0.4, 0.5) is 28.0 Å². The monoisotopic (exact) mass is 437 g/mol. The minimum Gasteiger partial charge on any atom is -0.314 e. The van der Waals surface area contributed by atoms with Gasteiger partial charge < -0.3 is 5.32 Å². The quantitative estimate of drug-likeness (QED) is 0.565. The molecular weight excluding hydrogens is 418 g/mol. The van der Waals surface area contributed by atoms with Gasteiger partial charge >= 0.3 is 12.2 Å². The summed E-state index contributed by atoms with van der Waals surface area (Å²) in [6.45, 7) is 5.78. The molecular formula is C21H19F4N3O3. The van der Waals surface area contributed by atoms with Crippen molar-refractivity contribution in [1.82, 2.24) is 10.6 Å². The number of hydrogen-bond donors (Lipinski definition) is 2. The third-order valence-electron chi connectivity index (χ3n) is 4.85. The van der Waals surface area contributed by atoms with Gasteiger partial charge in [-0.2, -0.15) is 13.2 Å². The molecule has 0 unspecified atom stereocenters. The molecule has 1 aliphatic heterocycles. The Morgan fingerprint density at radius 1 is 0.968 bits per heavy atom. The maximum Gasteiger partial charge on any atom is 0.440 e. The van der Waals surface area contributed by atoms with Crippen molar-refractivity contribution in [3.8, 4) is 0 Å². The van der Waals surface area contributed by atoms with E-state index in [1.165, 1.54) is 12.1 Å². The molecule has 10 heteroatoms. The molecule has 0 bridgehead atoms. The highest BCUT2D eigenvalue weighted by molar-refractivity contribution is 6.24. The van der Waals surface area contributed by atoms with Crippen molar-refractivity contribution in [2.24, 2.45) is 0 Å². The molecule has 1 aliphatic rings. The number of urea groups is 1. The Morgan fingerprint density at radius 2 is 1.52 bits per heavy atom. The lowest BCUT2D eigenvalue weighted by Crippen LogP contribution is -2.69. The summed E-state index contributed by atoms with van der Waals surface area (Å²) in [6.07, 6.45) is -5.35. The van der Waals surface area contributed by atoms with E-state index in [2.05, 4.69) is 0 Å². The Labute approximate surface area is 175 Å². The molecule has 1 heterocycles. The van der Waals surface area contributed by atoms with Crippen molar-refractivity contribution in [1.29, 1.82) is 0 Å². The summed E-state index contributed by atoms with van der Waals surface area (Å²) in [5.41, 5.74) is -3.47. The molecule has 2 aromatic rings.